The van der Waals surface area contributed by atoms with Crippen LogP contribution in [0.25, 0.3) is 0 Å². The summed E-state index contributed by atoms with van der Waals surface area (Å²) in [6.07, 6.45) is 1.06. The summed E-state index contributed by atoms with van der Waals surface area (Å²) in [5, 5.41) is 3.72. The summed E-state index contributed by atoms with van der Waals surface area (Å²) in [6, 6.07) is 7.57. The number of benzene rings is 1. The Balaban J connectivity index is 2.01. The second kappa shape index (κ2) is 7.92. The van der Waals surface area contributed by atoms with Crippen LogP contribution in [-0.2, 0) is 4.74 Å². The van der Waals surface area contributed by atoms with Crippen LogP contribution in [0.2, 0.25) is 5.02 Å². The second-order valence-electron chi connectivity index (χ2n) is 5.14. The van der Waals surface area contributed by atoms with Crippen molar-refractivity contribution in [3.8, 4) is 0 Å². The number of ether oxygens (including phenoxy) is 1. The quantitative estimate of drug-likeness (QED) is 0.902. The van der Waals surface area contributed by atoms with Gasteiger partial charge < -0.3 is 15.0 Å². The lowest BCUT2D eigenvalue weighted by Gasteiger charge is -2.27. The summed E-state index contributed by atoms with van der Waals surface area (Å²) >= 11 is 7.80. The van der Waals surface area contributed by atoms with Crippen molar-refractivity contribution in [2.24, 2.45) is 0 Å². The van der Waals surface area contributed by atoms with Gasteiger partial charge in [-0.05, 0) is 29.9 Å². The fraction of sp³-hybridized carbons (Fsp3) is 0.533. The van der Waals surface area contributed by atoms with Crippen molar-refractivity contribution in [3.63, 3.8) is 0 Å². The fourth-order valence-electron chi connectivity index (χ4n) is 2.33. The largest absolute Gasteiger partial charge is 0.382 e. The van der Waals surface area contributed by atoms with Gasteiger partial charge in [-0.25, -0.2) is 4.79 Å². The van der Waals surface area contributed by atoms with Crippen molar-refractivity contribution in [1.82, 2.24) is 10.2 Å². The molecule has 1 fully saturated rings. The third kappa shape index (κ3) is 4.53. The number of thioether (sulfide) groups is 1. The van der Waals surface area contributed by atoms with E-state index in [9.17, 15) is 4.79 Å². The Morgan fingerprint density at radius 3 is 2.81 bits per heavy atom. The zero-order chi connectivity index (χ0) is 15.2. The average molecular weight is 329 g/mol. The number of hydrogen-bond acceptors (Lipinski definition) is 3. The lowest BCUT2D eigenvalue weighted by Crippen LogP contribution is -2.45. The summed E-state index contributed by atoms with van der Waals surface area (Å²) in [6.45, 7) is 0.431. The van der Waals surface area contributed by atoms with Gasteiger partial charge in [0.15, 0.2) is 0 Å². The number of urea groups is 1. The molecule has 1 aromatic carbocycles. The molecule has 1 saturated heterocycles. The van der Waals surface area contributed by atoms with Gasteiger partial charge in [-0.3, -0.25) is 0 Å². The summed E-state index contributed by atoms with van der Waals surface area (Å²) in [4.78, 5) is 14.2. The first-order chi connectivity index (χ1) is 10.1. The Kier molecular flexibility index (Phi) is 6.21. The first-order valence-corrected chi connectivity index (χ1v) is 8.50. The number of carbonyl (C=O) groups excluding carboxylic acids is 1. The minimum absolute atomic E-state index is 0.0560. The molecule has 0 radical (unpaired) electrons. The lowest BCUT2D eigenvalue weighted by molar-refractivity contribution is 0.154. The number of rotatable bonds is 5. The van der Waals surface area contributed by atoms with Crippen LogP contribution in [0.15, 0.2) is 24.3 Å². The third-order valence-electron chi connectivity index (χ3n) is 3.68. The molecule has 2 amide bonds. The molecule has 21 heavy (non-hydrogen) atoms. The number of nitrogens with one attached hydrogen (secondary N) is 1. The average Bonchev–Trinajstić information content (AvgIpc) is 3.01. The fourth-order valence-corrected chi connectivity index (χ4v) is 3.72. The number of amides is 2. The Hall–Kier alpha value is -0.910. The highest BCUT2D eigenvalue weighted by molar-refractivity contribution is 7.99. The number of carbonyl (C=O) groups is 1. The molecule has 1 aliphatic rings. The molecule has 0 saturated carbocycles. The molecule has 0 aliphatic carbocycles. The SMILES string of the molecule is COCC(NC(=O)N(C)C1CCSC1)c1ccc(Cl)cc1. The predicted molar refractivity (Wildman–Crippen MR) is 88.1 cm³/mol. The van der Waals surface area contributed by atoms with Gasteiger partial charge in [0.05, 0.1) is 12.6 Å². The van der Waals surface area contributed by atoms with Crippen molar-refractivity contribution < 1.29 is 9.53 Å². The summed E-state index contributed by atoms with van der Waals surface area (Å²) < 4.78 is 5.22. The van der Waals surface area contributed by atoms with Crippen molar-refractivity contribution in [2.45, 2.75) is 18.5 Å². The summed E-state index contributed by atoms with van der Waals surface area (Å²) in [5.41, 5.74) is 0.990. The Labute approximate surface area is 135 Å². The van der Waals surface area contributed by atoms with Gasteiger partial charge in [0, 0.05) is 31.0 Å². The van der Waals surface area contributed by atoms with Crippen LogP contribution in [0.4, 0.5) is 4.79 Å². The van der Waals surface area contributed by atoms with Gasteiger partial charge in [-0.1, -0.05) is 23.7 Å². The minimum Gasteiger partial charge on any atom is -0.382 e. The van der Waals surface area contributed by atoms with Gasteiger partial charge >= 0.3 is 6.03 Å². The Morgan fingerprint density at radius 1 is 1.52 bits per heavy atom. The lowest BCUT2D eigenvalue weighted by atomic mass is 10.1. The number of halogens is 1. The molecule has 0 aromatic heterocycles. The topological polar surface area (TPSA) is 41.6 Å². The zero-order valence-electron chi connectivity index (χ0n) is 12.3. The van der Waals surface area contributed by atoms with E-state index in [4.69, 9.17) is 16.3 Å². The van der Waals surface area contributed by atoms with E-state index in [-0.39, 0.29) is 12.1 Å². The van der Waals surface area contributed by atoms with E-state index in [0.717, 1.165) is 23.5 Å². The van der Waals surface area contributed by atoms with Crippen LogP contribution in [0.3, 0.4) is 0 Å². The van der Waals surface area contributed by atoms with E-state index in [1.54, 1.807) is 12.0 Å². The third-order valence-corrected chi connectivity index (χ3v) is 5.07. The van der Waals surface area contributed by atoms with E-state index in [2.05, 4.69) is 5.32 Å². The normalized spacial score (nSPS) is 19.3. The van der Waals surface area contributed by atoms with E-state index in [1.807, 2.05) is 43.1 Å². The molecular formula is C15H21ClN2O2S. The van der Waals surface area contributed by atoms with E-state index in [1.165, 1.54) is 0 Å². The minimum atomic E-state index is -0.170. The summed E-state index contributed by atoms with van der Waals surface area (Å²) in [5.74, 6) is 2.14. The van der Waals surface area contributed by atoms with Crippen LogP contribution in [0.1, 0.15) is 18.0 Å². The van der Waals surface area contributed by atoms with Crippen molar-refractivity contribution >= 4 is 29.4 Å². The van der Waals surface area contributed by atoms with Gasteiger partial charge in [-0.15, -0.1) is 0 Å². The van der Waals surface area contributed by atoms with Crippen LogP contribution in [0, 0.1) is 0 Å². The number of nitrogens with zero attached hydrogens (tertiary/aromatic N) is 1. The molecule has 1 aromatic rings. The Bertz CT molecular complexity index is 463. The number of hydrogen-bond donors (Lipinski definition) is 1. The Morgan fingerprint density at radius 2 is 2.24 bits per heavy atom. The molecule has 2 rings (SSSR count). The standard InChI is InChI=1S/C15H21ClN2O2S/c1-18(13-7-8-21-10-13)15(19)17-14(9-20-2)11-3-5-12(16)6-4-11/h3-6,13-14H,7-10H2,1-2H3,(H,17,19). The molecule has 0 spiro atoms. The first-order valence-electron chi connectivity index (χ1n) is 6.97. The highest BCUT2D eigenvalue weighted by atomic mass is 35.5. The number of methoxy groups -OCH3 is 1. The van der Waals surface area contributed by atoms with E-state index >= 15 is 0 Å². The van der Waals surface area contributed by atoms with Crippen molar-refractivity contribution in [3.05, 3.63) is 34.9 Å². The van der Waals surface area contributed by atoms with Crippen LogP contribution < -0.4 is 5.32 Å². The maximum absolute atomic E-state index is 12.4. The molecule has 6 heteroatoms. The van der Waals surface area contributed by atoms with Crippen molar-refractivity contribution in [2.75, 3.05) is 32.3 Å². The maximum atomic E-state index is 12.4. The van der Waals surface area contributed by atoms with Gasteiger partial charge in [-0.2, -0.15) is 11.8 Å². The van der Waals surface area contributed by atoms with E-state index in [0.29, 0.717) is 17.7 Å². The van der Waals surface area contributed by atoms with Crippen LogP contribution in [-0.4, -0.2) is 49.2 Å². The van der Waals surface area contributed by atoms with Crippen LogP contribution >= 0.6 is 23.4 Å². The first kappa shape index (κ1) is 16.5. The van der Waals surface area contributed by atoms with Crippen LogP contribution in [0.5, 0.6) is 0 Å². The van der Waals surface area contributed by atoms with E-state index < -0.39 is 0 Å². The monoisotopic (exact) mass is 328 g/mol. The van der Waals surface area contributed by atoms with Gasteiger partial charge in [0.25, 0.3) is 0 Å². The van der Waals surface area contributed by atoms with Crippen molar-refractivity contribution in [1.29, 1.82) is 0 Å². The molecule has 2 unspecified atom stereocenters. The highest BCUT2D eigenvalue weighted by Gasteiger charge is 2.25. The molecule has 116 valence electrons. The molecule has 2 atom stereocenters. The van der Waals surface area contributed by atoms with Gasteiger partial charge in [0.2, 0.25) is 0 Å². The van der Waals surface area contributed by atoms with Gasteiger partial charge in [0.1, 0.15) is 0 Å². The molecule has 0 bridgehead atoms. The maximum Gasteiger partial charge on any atom is 0.317 e. The zero-order valence-corrected chi connectivity index (χ0v) is 13.9. The molecule has 1 heterocycles. The second-order valence-corrected chi connectivity index (χ2v) is 6.72. The molecule has 1 N–H and O–H groups in total. The molecular weight excluding hydrogens is 308 g/mol. The molecule has 4 nitrogen and oxygen atoms in total. The summed E-state index contributed by atoms with van der Waals surface area (Å²) in [7, 11) is 3.49. The highest BCUT2D eigenvalue weighted by Crippen LogP contribution is 2.22. The predicted octanol–water partition coefficient (Wildman–Crippen LogP) is 3.17. The molecule has 1 aliphatic heterocycles. The smallest absolute Gasteiger partial charge is 0.317 e.